The average molecular weight is 261 g/mol. The highest BCUT2D eigenvalue weighted by atomic mass is 16.5. The molecular weight excluding hydrogens is 242 g/mol. The minimum Gasteiger partial charge on any atom is -0.497 e. The molecule has 0 radical (unpaired) electrons. The lowest BCUT2D eigenvalue weighted by Gasteiger charge is -2.23. The van der Waals surface area contributed by atoms with Crippen molar-refractivity contribution in [2.45, 2.75) is 32.0 Å². The Hall–Kier alpha value is -1.55. The van der Waals surface area contributed by atoms with Gasteiger partial charge < -0.3 is 14.4 Å². The lowest BCUT2D eigenvalue weighted by Crippen LogP contribution is -2.32. The molecule has 4 heteroatoms. The third kappa shape index (κ3) is 2.00. The van der Waals surface area contributed by atoms with Crippen LogP contribution in [0.25, 0.3) is 0 Å². The molecule has 0 spiro atoms. The molecule has 2 heterocycles. The van der Waals surface area contributed by atoms with Crippen LogP contribution in [0, 0.1) is 5.92 Å². The maximum absolute atomic E-state index is 12.2. The van der Waals surface area contributed by atoms with Crippen LogP contribution in [0.5, 0.6) is 5.75 Å². The number of benzene rings is 1. The maximum atomic E-state index is 12.2. The van der Waals surface area contributed by atoms with Gasteiger partial charge in [-0.25, -0.2) is 0 Å². The maximum Gasteiger partial charge on any atom is 0.225 e. The van der Waals surface area contributed by atoms with Crippen LogP contribution < -0.4 is 4.74 Å². The number of nitrogens with zero attached hydrogens (tertiary/aromatic N) is 1. The number of hydrogen-bond acceptors (Lipinski definition) is 3. The monoisotopic (exact) mass is 261 g/mol. The molecule has 0 saturated carbocycles. The van der Waals surface area contributed by atoms with E-state index in [1.807, 2.05) is 29.2 Å². The highest BCUT2D eigenvalue weighted by Gasteiger charge is 2.47. The molecule has 19 heavy (non-hydrogen) atoms. The summed E-state index contributed by atoms with van der Waals surface area (Å²) >= 11 is 0. The van der Waals surface area contributed by atoms with Crippen LogP contribution in [0.4, 0.5) is 0 Å². The smallest absolute Gasteiger partial charge is 0.225 e. The largest absolute Gasteiger partial charge is 0.497 e. The van der Waals surface area contributed by atoms with Crippen LogP contribution in [-0.2, 0) is 9.53 Å². The Morgan fingerprint density at radius 1 is 1.37 bits per heavy atom. The third-order valence-electron chi connectivity index (χ3n) is 4.23. The van der Waals surface area contributed by atoms with Crippen molar-refractivity contribution in [1.82, 2.24) is 4.90 Å². The van der Waals surface area contributed by atoms with Crippen LogP contribution >= 0.6 is 0 Å². The van der Waals surface area contributed by atoms with Gasteiger partial charge in [-0.1, -0.05) is 25.5 Å². The van der Waals surface area contributed by atoms with Gasteiger partial charge in [-0.2, -0.15) is 0 Å². The molecule has 3 atom stereocenters. The summed E-state index contributed by atoms with van der Waals surface area (Å²) in [5, 5.41) is 0. The minimum absolute atomic E-state index is 0.218. The first-order valence-electron chi connectivity index (χ1n) is 6.81. The second-order valence-electron chi connectivity index (χ2n) is 5.20. The minimum atomic E-state index is -0.222. The second-order valence-corrected chi connectivity index (χ2v) is 5.20. The van der Waals surface area contributed by atoms with Crippen molar-refractivity contribution in [3.8, 4) is 5.75 Å². The number of hydrogen-bond donors (Lipinski definition) is 0. The van der Waals surface area contributed by atoms with E-state index in [1.165, 1.54) is 0 Å². The molecule has 4 nitrogen and oxygen atoms in total. The number of rotatable bonds is 3. The van der Waals surface area contributed by atoms with Gasteiger partial charge in [-0.05, 0) is 18.1 Å². The van der Waals surface area contributed by atoms with Crippen LogP contribution in [0.2, 0.25) is 0 Å². The summed E-state index contributed by atoms with van der Waals surface area (Å²) in [4.78, 5) is 14.1. The van der Waals surface area contributed by atoms with Gasteiger partial charge in [0.15, 0.2) is 6.23 Å². The topological polar surface area (TPSA) is 38.8 Å². The van der Waals surface area contributed by atoms with Crippen molar-refractivity contribution in [2.75, 3.05) is 13.7 Å². The van der Waals surface area contributed by atoms with Crippen molar-refractivity contribution >= 4 is 5.91 Å². The normalized spacial score (nSPS) is 29.7. The Balaban J connectivity index is 1.84. The molecule has 0 bridgehead atoms. The Bertz CT molecular complexity index is 471. The van der Waals surface area contributed by atoms with E-state index < -0.39 is 0 Å². The molecule has 2 saturated heterocycles. The lowest BCUT2D eigenvalue weighted by atomic mass is 9.98. The molecule has 2 fully saturated rings. The summed E-state index contributed by atoms with van der Waals surface area (Å²) in [6, 6.07) is 8.01. The van der Waals surface area contributed by atoms with E-state index in [1.54, 1.807) is 7.11 Å². The molecule has 0 aliphatic carbocycles. The fourth-order valence-corrected chi connectivity index (χ4v) is 3.11. The fraction of sp³-hybridized carbons (Fsp3) is 0.533. The standard InChI is InChI=1S/C15H19NO3/c1-3-10-8-14(17)16-13(10)9-19-15(16)11-4-6-12(18-2)7-5-11/h4-7,10,13,15H,3,8-9H2,1-2H3. The second kappa shape index (κ2) is 4.85. The number of carbonyl (C=O) groups excluding carboxylic acids is 1. The summed E-state index contributed by atoms with van der Waals surface area (Å²) in [7, 11) is 1.65. The number of methoxy groups -OCH3 is 1. The predicted octanol–water partition coefficient (Wildman–Crippen LogP) is 2.35. The molecule has 102 valence electrons. The molecule has 3 unspecified atom stereocenters. The molecule has 1 aromatic rings. The molecule has 3 rings (SSSR count). The first-order valence-corrected chi connectivity index (χ1v) is 6.81. The Morgan fingerprint density at radius 3 is 2.74 bits per heavy atom. The third-order valence-corrected chi connectivity index (χ3v) is 4.23. The van der Waals surface area contributed by atoms with E-state index in [9.17, 15) is 4.79 Å². The zero-order valence-electron chi connectivity index (χ0n) is 11.3. The predicted molar refractivity (Wildman–Crippen MR) is 70.7 cm³/mol. The Labute approximate surface area is 113 Å². The van der Waals surface area contributed by atoms with Crippen molar-refractivity contribution in [2.24, 2.45) is 5.92 Å². The number of ether oxygens (including phenoxy) is 2. The zero-order chi connectivity index (χ0) is 13.4. The van der Waals surface area contributed by atoms with E-state index in [-0.39, 0.29) is 18.2 Å². The molecule has 0 aromatic heterocycles. The molecule has 2 aliphatic rings. The van der Waals surface area contributed by atoms with Crippen molar-refractivity contribution in [3.63, 3.8) is 0 Å². The SMILES string of the molecule is CCC1CC(=O)N2C(c3ccc(OC)cc3)OCC12. The Morgan fingerprint density at radius 2 is 2.11 bits per heavy atom. The molecular formula is C15H19NO3. The van der Waals surface area contributed by atoms with E-state index >= 15 is 0 Å². The van der Waals surface area contributed by atoms with Crippen LogP contribution in [0.3, 0.4) is 0 Å². The van der Waals surface area contributed by atoms with Gasteiger partial charge in [0, 0.05) is 12.0 Å². The summed E-state index contributed by atoms with van der Waals surface area (Å²) in [5.41, 5.74) is 1.02. The molecule has 1 aromatic carbocycles. The van der Waals surface area contributed by atoms with Gasteiger partial charge in [0.25, 0.3) is 0 Å². The van der Waals surface area contributed by atoms with Gasteiger partial charge in [-0.15, -0.1) is 0 Å². The molecule has 1 amide bonds. The van der Waals surface area contributed by atoms with Gasteiger partial charge in [0.1, 0.15) is 5.75 Å². The van der Waals surface area contributed by atoms with Gasteiger partial charge in [0.05, 0.1) is 19.8 Å². The van der Waals surface area contributed by atoms with E-state index in [4.69, 9.17) is 9.47 Å². The summed E-state index contributed by atoms with van der Waals surface area (Å²) in [5.74, 6) is 1.48. The molecule has 0 N–H and O–H groups in total. The first kappa shape index (κ1) is 12.5. The van der Waals surface area contributed by atoms with Gasteiger partial charge >= 0.3 is 0 Å². The van der Waals surface area contributed by atoms with Crippen molar-refractivity contribution in [1.29, 1.82) is 0 Å². The van der Waals surface area contributed by atoms with Crippen molar-refractivity contribution in [3.05, 3.63) is 29.8 Å². The van der Waals surface area contributed by atoms with E-state index in [0.717, 1.165) is 17.7 Å². The summed E-state index contributed by atoms with van der Waals surface area (Å²) in [6.07, 6.45) is 1.47. The van der Waals surface area contributed by atoms with E-state index in [0.29, 0.717) is 18.9 Å². The van der Waals surface area contributed by atoms with Crippen LogP contribution in [0.1, 0.15) is 31.6 Å². The lowest BCUT2D eigenvalue weighted by molar-refractivity contribution is -0.134. The molecule has 2 aliphatic heterocycles. The number of carbonyl (C=O) groups is 1. The van der Waals surface area contributed by atoms with Crippen LogP contribution in [0.15, 0.2) is 24.3 Å². The number of fused-ring (bicyclic) bond motifs is 1. The van der Waals surface area contributed by atoms with Crippen molar-refractivity contribution < 1.29 is 14.3 Å². The number of amides is 1. The highest BCUT2D eigenvalue weighted by molar-refractivity contribution is 5.80. The average Bonchev–Trinajstić information content (AvgIpc) is 3.01. The highest BCUT2D eigenvalue weighted by Crippen LogP contribution is 2.41. The zero-order valence-corrected chi connectivity index (χ0v) is 11.3. The summed E-state index contributed by atoms with van der Waals surface area (Å²) in [6.45, 7) is 2.79. The fourth-order valence-electron chi connectivity index (χ4n) is 3.11. The Kier molecular flexibility index (Phi) is 3.19. The quantitative estimate of drug-likeness (QED) is 0.838. The summed E-state index contributed by atoms with van der Waals surface area (Å²) < 4.78 is 11.0. The van der Waals surface area contributed by atoms with Gasteiger partial charge in [-0.3, -0.25) is 4.79 Å². The van der Waals surface area contributed by atoms with Crippen LogP contribution in [-0.4, -0.2) is 30.6 Å². The van der Waals surface area contributed by atoms with Gasteiger partial charge in [0.2, 0.25) is 5.91 Å². The van der Waals surface area contributed by atoms with E-state index in [2.05, 4.69) is 6.92 Å². The first-order chi connectivity index (χ1) is 9.24.